The van der Waals surface area contributed by atoms with Crippen LogP contribution in [0.5, 0.6) is 0 Å². The van der Waals surface area contributed by atoms with Gasteiger partial charge >= 0.3 is 0 Å². The minimum Gasteiger partial charge on any atom is -0.379 e. The number of ether oxygens (including phenoxy) is 1. The molecule has 0 aliphatic carbocycles. The normalized spacial score (nSPS) is 13.9. The van der Waals surface area contributed by atoms with Crippen LogP contribution in [0, 0.1) is 0 Å². The quantitative estimate of drug-likeness (QED) is 0.802. The van der Waals surface area contributed by atoms with Gasteiger partial charge in [0, 0.05) is 25.5 Å². The zero-order valence-electron chi connectivity index (χ0n) is 9.73. The molecule has 0 aliphatic heterocycles. The first-order valence-electron chi connectivity index (χ1n) is 5.23. The van der Waals surface area contributed by atoms with Crippen molar-refractivity contribution in [3.8, 4) is 0 Å². The average molecular weight is 208 g/mol. The summed E-state index contributed by atoms with van der Waals surface area (Å²) < 4.78 is 5.35. The lowest BCUT2D eigenvalue weighted by Gasteiger charge is -2.26. The van der Waals surface area contributed by atoms with Crippen LogP contribution in [0.3, 0.4) is 0 Å². The van der Waals surface area contributed by atoms with E-state index in [1.54, 1.807) is 19.5 Å². The van der Waals surface area contributed by atoms with E-state index in [0.29, 0.717) is 0 Å². The Kier molecular flexibility index (Phi) is 4.24. The van der Waals surface area contributed by atoms with Gasteiger partial charge in [0.15, 0.2) is 0 Å². The van der Waals surface area contributed by atoms with Gasteiger partial charge in [-0.3, -0.25) is 4.98 Å². The minimum atomic E-state index is -0.146. The molecule has 1 heterocycles. The summed E-state index contributed by atoms with van der Waals surface area (Å²) in [5.74, 6) is 0. The number of methoxy groups -OCH3 is 1. The van der Waals surface area contributed by atoms with Gasteiger partial charge in [-0.1, -0.05) is 0 Å². The van der Waals surface area contributed by atoms with Gasteiger partial charge in [-0.15, -0.1) is 0 Å². The molecule has 0 bridgehead atoms. The molecule has 0 fully saturated rings. The van der Waals surface area contributed by atoms with Crippen molar-refractivity contribution in [1.29, 1.82) is 0 Å². The molecule has 0 saturated heterocycles. The number of nitrogens with zero attached hydrogens (tertiary/aromatic N) is 1. The standard InChI is InChI=1S/C12H20N2O/c1-12(2,15-3)9-11(13)8-10-4-6-14-7-5-10/h4-7,11H,8-9,13H2,1-3H3. The Morgan fingerprint density at radius 1 is 1.40 bits per heavy atom. The first-order valence-corrected chi connectivity index (χ1v) is 5.23. The topological polar surface area (TPSA) is 48.1 Å². The van der Waals surface area contributed by atoms with Crippen molar-refractivity contribution in [1.82, 2.24) is 4.98 Å². The molecule has 0 aromatic carbocycles. The van der Waals surface area contributed by atoms with E-state index in [1.165, 1.54) is 5.56 Å². The van der Waals surface area contributed by atoms with Crippen LogP contribution in [0.15, 0.2) is 24.5 Å². The molecule has 3 nitrogen and oxygen atoms in total. The minimum absolute atomic E-state index is 0.127. The van der Waals surface area contributed by atoms with Crippen LogP contribution in [0.25, 0.3) is 0 Å². The lowest BCUT2D eigenvalue weighted by atomic mass is 9.95. The predicted molar refractivity (Wildman–Crippen MR) is 61.6 cm³/mol. The van der Waals surface area contributed by atoms with E-state index in [-0.39, 0.29) is 11.6 Å². The van der Waals surface area contributed by atoms with Crippen molar-refractivity contribution >= 4 is 0 Å². The van der Waals surface area contributed by atoms with Crippen LogP contribution >= 0.6 is 0 Å². The maximum absolute atomic E-state index is 6.07. The van der Waals surface area contributed by atoms with Crippen LogP contribution in [-0.2, 0) is 11.2 Å². The highest BCUT2D eigenvalue weighted by molar-refractivity contribution is 5.11. The summed E-state index contributed by atoms with van der Waals surface area (Å²) >= 11 is 0. The van der Waals surface area contributed by atoms with Gasteiger partial charge in [0.25, 0.3) is 0 Å². The molecule has 1 unspecified atom stereocenters. The molecule has 0 amide bonds. The molecule has 1 aromatic heterocycles. The maximum Gasteiger partial charge on any atom is 0.0637 e. The fraction of sp³-hybridized carbons (Fsp3) is 0.583. The molecule has 0 radical (unpaired) electrons. The van der Waals surface area contributed by atoms with Crippen LogP contribution in [0.4, 0.5) is 0 Å². The highest BCUT2D eigenvalue weighted by atomic mass is 16.5. The second kappa shape index (κ2) is 5.24. The van der Waals surface area contributed by atoms with E-state index < -0.39 is 0 Å². The van der Waals surface area contributed by atoms with E-state index in [2.05, 4.69) is 18.8 Å². The number of hydrogen-bond acceptors (Lipinski definition) is 3. The fourth-order valence-corrected chi connectivity index (χ4v) is 1.61. The Hall–Kier alpha value is -0.930. The van der Waals surface area contributed by atoms with Crippen LogP contribution in [0.1, 0.15) is 25.8 Å². The second-order valence-electron chi connectivity index (χ2n) is 4.49. The number of nitrogens with two attached hydrogens (primary N) is 1. The average Bonchev–Trinajstić information content (AvgIpc) is 2.18. The third kappa shape index (κ3) is 4.40. The van der Waals surface area contributed by atoms with Gasteiger partial charge in [0.05, 0.1) is 5.60 Å². The molecule has 1 rings (SSSR count). The first kappa shape index (κ1) is 12.1. The molecule has 0 saturated carbocycles. The molecule has 2 N–H and O–H groups in total. The van der Waals surface area contributed by atoms with Crippen molar-refractivity contribution in [2.24, 2.45) is 5.73 Å². The summed E-state index contributed by atoms with van der Waals surface area (Å²) in [7, 11) is 1.72. The van der Waals surface area contributed by atoms with Crippen molar-refractivity contribution in [3.63, 3.8) is 0 Å². The maximum atomic E-state index is 6.07. The van der Waals surface area contributed by atoms with Gasteiger partial charge < -0.3 is 10.5 Å². The van der Waals surface area contributed by atoms with Gasteiger partial charge in [-0.25, -0.2) is 0 Å². The second-order valence-corrected chi connectivity index (χ2v) is 4.49. The molecule has 0 spiro atoms. The highest BCUT2D eigenvalue weighted by Gasteiger charge is 2.20. The Morgan fingerprint density at radius 2 is 2.00 bits per heavy atom. The Labute approximate surface area is 91.7 Å². The predicted octanol–water partition coefficient (Wildman–Crippen LogP) is 1.77. The summed E-state index contributed by atoms with van der Waals surface area (Å²) in [4.78, 5) is 3.98. The molecule has 1 atom stereocenters. The summed E-state index contributed by atoms with van der Waals surface area (Å²) in [6.07, 6.45) is 5.31. The van der Waals surface area contributed by atoms with E-state index in [1.807, 2.05) is 12.1 Å². The molecular weight excluding hydrogens is 188 g/mol. The fourth-order valence-electron chi connectivity index (χ4n) is 1.61. The van der Waals surface area contributed by atoms with E-state index in [9.17, 15) is 0 Å². The number of rotatable bonds is 5. The van der Waals surface area contributed by atoms with E-state index >= 15 is 0 Å². The zero-order valence-corrected chi connectivity index (χ0v) is 9.73. The molecule has 3 heteroatoms. The summed E-state index contributed by atoms with van der Waals surface area (Å²) in [6, 6.07) is 4.13. The Balaban J connectivity index is 2.46. The van der Waals surface area contributed by atoms with Gasteiger partial charge in [-0.05, 0) is 44.4 Å². The third-order valence-electron chi connectivity index (χ3n) is 2.55. The van der Waals surface area contributed by atoms with Crippen LogP contribution < -0.4 is 5.73 Å². The van der Waals surface area contributed by atoms with Crippen molar-refractivity contribution in [3.05, 3.63) is 30.1 Å². The van der Waals surface area contributed by atoms with E-state index in [4.69, 9.17) is 10.5 Å². The van der Waals surface area contributed by atoms with Gasteiger partial charge in [0.2, 0.25) is 0 Å². The van der Waals surface area contributed by atoms with Gasteiger partial charge in [0.1, 0.15) is 0 Å². The largest absolute Gasteiger partial charge is 0.379 e. The van der Waals surface area contributed by atoms with Crippen molar-refractivity contribution in [2.75, 3.05) is 7.11 Å². The Bertz CT molecular complexity index is 285. The summed E-state index contributed by atoms with van der Waals surface area (Å²) in [6.45, 7) is 4.11. The first-order chi connectivity index (χ1) is 7.03. The SMILES string of the molecule is COC(C)(C)CC(N)Cc1ccncc1. The highest BCUT2D eigenvalue weighted by Crippen LogP contribution is 2.16. The monoisotopic (exact) mass is 208 g/mol. The van der Waals surface area contributed by atoms with E-state index in [0.717, 1.165) is 12.8 Å². The zero-order chi connectivity index (χ0) is 11.3. The molecule has 1 aromatic rings. The third-order valence-corrected chi connectivity index (χ3v) is 2.55. The summed E-state index contributed by atoms with van der Waals surface area (Å²) in [5.41, 5.74) is 7.15. The number of pyridine rings is 1. The van der Waals surface area contributed by atoms with Crippen molar-refractivity contribution in [2.45, 2.75) is 38.3 Å². The molecule has 0 aliphatic rings. The number of hydrogen-bond donors (Lipinski definition) is 1. The van der Waals surface area contributed by atoms with Gasteiger partial charge in [-0.2, -0.15) is 0 Å². The summed E-state index contributed by atoms with van der Waals surface area (Å²) in [5, 5.41) is 0. The Morgan fingerprint density at radius 3 is 2.53 bits per heavy atom. The molecule has 84 valence electrons. The van der Waals surface area contributed by atoms with Crippen LogP contribution in [-0.4, -0.2) is 23.7 Å². The van der Waals surface area contributed by atoms with Crippen LogP contribution in [0.2, 0.25) is 0 Å². The lowest BCUT2D eigenvalue weighted by molar-refractivity contribution is 0.0102. The molecule has 15 heavy (non-hydrogen) atoms. The smallest absolute Gasteiger partial charge is 0.0637 e. The lowest BCUT2D eigenvalue weighted by Crippen LogP contribution is -2.35. The molecular formula is C12H20N2O. The van der Waals surface area contributed by atoms with Crippen molar-refractivity contribution < 1.29 is 4.74 Å². The number of aromatic nitrogens is 1.